The number of nitrogens with zero attached hydrogens (tertiary/aromatic N) is 3. The number of urea groups is 1. The predicted octanol–water partition coefficient (Wildman–Crippen LogP) is 2.90. The Bertz CT molecular complexity index is 536. The van der Waals surface area contributed by atoms with E-state index in [0.717, 1.165) is 6.92 Å². The van der Waals surface area contributed by atoms with Crippen molar-refractivity contribution in [1.29, 1.82) is 0 Å². The fraction of sp³-hybridized carbons (Fsp3) is 0.714. The van der Waals surface area contributed by atoms with Gasteiger partial charge < -0.3 is 9.42 Å². The van der Waals surface area contributed by atoms with E-state index in [1.165, 1.54) is 9.80 Å². The second-order valence-corrected chi connectivity index (χ2v) is 5.94. The molecule has 0 aromatic carbocycles. The lowest BCUT2D eigenvalue weighted by Crippen LogP contribution is -2.55. The Morgan fingerprint density at radius 1 is 1.26 bits per heavy atom. The van der Waals surface area contributed by atoms with Gasteiger partial charge in [-0.05, 0) is 6.92 Å². The molecule has 0 unspecified atom stereocenters. The first kappa shape index (κ1) is 17.6. The van der Waals surface area contributed by atoms with Crippen LogP contribution in [0.15, 0.2) is 10.6 Å². The monoisotopic (exact) mass is 334 g/mol. The molecule has 2 rings (SSSR count). The summed E-state index contributed by atoms with van der Waals surface area (Å²) >= 11 is 0. The van der Waals surface area contributed by atoms with Crippen LogP contribution in [0.2, 0.25) is 0 Å². The van der Waals surface area contributed by atoms with E-state index in [2.05, 4.69) is 10.5 Å². The lowest BCUT2D eigenvalue weighted by Gasteiger charge is -2.38. The van der Waals surface area contributed by atoms with Gasteiger partial charge in [0.15, 0.2) is 5.82 Å². The molecule has 1 fully saturated rings. The summed E-state index contributed by atoms with van der Waals surface area (Å²) in [6, 6.07) is -0.241. The Kier molecular flexibility index (Phi) is 5.18. The van der Waals surface area contributed by atoms with Crippen LogP contribution in [0.5, 0.6) is 0 Å². The van der Waals surface area contributed by atoms with E-state index in [9.17, 15) is 18.0 Å². The minimum atomic E-state index is -4.25. The highest BCUT2D eigenvalue weighted by atomic mass is 19.4. The number of alkyl halides is 3. The number of hydrogen-bond acceptors (Lipinski definition) is 4. The number of carbonyl (C=O) groups excluding carboxylic acids is 1. The van der Waals surface area contributed by atoms with Gasteiger partial charge in [0.1, 0.15) is 11.8 Å². The Morgan fingerprint density at radius 3 is 2.35 bits per heavy atom. The van der Waals surface area contributed by atoms with Crippen LogP contribution in [0.3, 0.4) is 0 Å². The number of anilines is 1. The van der Waals surface area contributed by atoms with Gasteiger partial charge in [-0.1, -0.05) is 19.0 Å². The van der Waals surface area contributed by atoms with Crippen LogP contribution in [0, 0.1) is 0 Å². The maximum Gasteiger partial charge on any atom is 0.403 e. The van der Waals surface area contributed by atoms with Crippen LogP contribution in [0.4, 0.5) is 23.8 Å². The minimum absolute atomic E-state index is 0.153. The van der Waals surface area contributed by atoms with Crippen molar-refractivity contribution in [3.63, 3.8) is 0 Å². The summed E-state index contributed by atoms with van der Waals surface area (Å²) in [6.45, 7) is 5.86. The second kappa shape index (κ2) is 6.77. The van der Waals surface area contributed by atoms with Gasteiger partial charge in [-0.25, -0.2) is 4.79 Å². The normalized spacial score (nSPS) is 18.3. The molecule has 0 bridgehead atoms. The van der Waals surface area contributed by atoms with Crippen LogP contribution < -0.4 is 5.32 Å². The summed E-state index contributed by atoms with van der Waals surface area (Å²) in [6.07, 6.45) is -4.25. The highest BCUT2D eigenvalue weighted by molar-refractivity contribution is 5.88. The average Bonchev–Trinajstić information content (AvgIpc) is 2.94. The van der Waals surface area contributed by atoms with Gasteiger partial charge in [-0.2, -0.15) is 13.2 Å². The van der Waals surface area contributed by atoms with Crippen molar-refractivity contribution < 1.29 is 22.5 Å². The highest BCUT2D eigenvalue weighted by Crippen LogP contribution is 2.25. The van der Waals surface area contributed by atoms with Crippen molar-refractivity contribution in [1.82, 2.24) is 15.0 Å². The maximum absolute atomic E-state index is 12.7. The first-order chi connectivity index (χ1) is 10.7. The van der Waals surface area contributed by atoms with E-state index in [1.54, 1.807) is 6.07 Å². The SMILES string of the molecule is CC(C)c1cc(NC(=O)N2CCN([C@H](C)C(F)(F)F)CC2)no1. The molecule has 2 heterocycles. The maximum atomic E-state index is 12.7. The summed E-state index contributed by atoms with van der Waals surface area (Å²) in [5.74, 6) is 1.12. The zero-order valence-corrected chi connectivity index (χ0v) is 13.4. The van der Waals surface area contributed by atoms with Crippen molar-refractivity contribution in [3.05, 3.63) is 11.8 Å². The van der Waals surface area contributed by atoms with E-state index < -0.39 is 12.2 Å². The molecule has 23 heavy (non-hydrogen) atoms. The summed E-state index contributed by atoms with van der Waals surface area (Å²) in [4.78, 5) is 14.9. The Labute approximate surface area is 132 Å². The van der Waals surface area contributed by atoms with Gasteiger partial charge >= 0.3 is 12.2 Å². The number of hydrogen-bond donors (Lipinski definition) is 1. The number of carbonyl (C=O) groups is 1. The van der Waals surface area contributed by atoms with E-state index in [0.29, 0.717) is 11.6 Å². The molecule has 0 spiro atoms. The molecular weight excluding hydrogens is 313 g/mol. The zero-order chi connectivity index (χ0) is 17.2. The number of aromatic nitrogens is 1. The molecule has 0 saturated carbocycles. The van der Waals surface area contributed by atoms with Crippen LogP contribution in [0.1, 0.15) is 32.4 Å². The van der Waals surface area contributed by atoms with Gasteiger partial charge in [0.2, 0.25) is 0 Å². The zero-order valence-electron chi connectivity index (χ0n) is 13.4. The van der Waals surface area contributed by atoms with Crippen molar-refractivity contribution in [2.75, 3.05) is 31.5 Å². The van der Waals surface area contributed by atoms with Crippen LogP contribution >= 0.6 is 0 Å². The third-order valence-electron chi connectivity index (χ3n) is 3.96. The van der Waals surface area contributed by atoms with Gasteiger partial charge in [-0.3, -0.25) is 10.2 Å². The molecule has 2 amide bonds. The van der Waals surface area contributed by atoms with Crippen molar-refractivity contribution in [3.8, 4) is 0 Å². The topological polar surface area (TPSA) is 61.6 Å². The first-order valence-electron chi connectivity index (χ1n) is 7.51. The second-order valence-electron chi connectivity index (χ2n) is 5.94. The number of amides is 2. The number of rotatable bonds is 3. The highest BCUT2D eigenvalue weighted by Gasteiger charge is 2.41. The van der Waals surface area contributed by atoms with Crippen LogP contribution in [0.25, 0.3) is 0 Å². The lowest BCUT2D eigenvalue weighted by molar-refractivity contribution is -0.181. The molecule has 1 saturated heterocycles. The van der Waals surface area contributed by atoms with Gasteiger partial charge in [-0.15, -0.1) is 0 Å². The van der Waals surface area contributed by atoms with Crippen LogP contribution in [-0.4, -0.2) is 59.4 Å². The van der Waals surface area contributed by atoms with Gasteiger partial charge in [0, 0.05) is 38.2 Å². The van der Waals surface area contributed by atoms with Crippen molar-refractivity contribution in [2.45, 2.75) is 38.9 Å². The average molecular weight is 334 g/mol. The molecule has 6 nitrogen and oxygen atoms in total. The molecule has 1 N–H and O–H groups in total. The van der Waals surface area contributed by atoms with E-state index in [-0.39, 0.29) is 38.1 Å². The molecule has 130 valence electrons. The molecule has 1 aliphatic rings. The number of halogens is 3. The lowest BCUT2D eigenvalue weighted by atomic mass is 10.2. The standard InChI is InChI=1S/C14H21F3N4O2/c1-9(2)11-8-12(19-23-11)18-13(22)21-6-4-20(5-7-21)10(3)14(15,16)17/h8-10H,4-7H2,1-3H3,(H,18,19,22)/t10-/m1/s1. The summed E-state index contributed by atoms with van der Waals surface area (Å²) in [5.41, 5.74) is 0. The molecule has 0 aliphatic carbocycles. The minimum Gasteiger partial charge on any atom is -0.359 e. The molecule has 1 aliphatic heterocycles. The number of piperazine rings is 1. The van der Waals surface area contributed by atoms with E-state index in [4.69, 9.17) is 4.52 Å². The largest absolute Gasteiger partial charge is 0.403 e. The molecule has 1 aromatic rings. The molecule has 1 aromatic heterocycles. The van der Waals surface area contributed by atoms with Crippen molar-refractivity contribution in [2.24, 2.45) is 0 Å². The van der Waals surface area contributed by atoms with Gasteiger partial charge in [0.05, 0.1) is 0 Å². The Balaban J connectivity index is 1.86. The third kappa shape index (κ3) is 4.37. The molecule has 9 heteroatoms. The predicted molar refractivity (Wildman–Crippen MR) is 78.3 cm³/mol. The quantitative estimate of drug-likeness (QED) is 0.923. The fourth-order valence-electron chi connectivity index (χ4n) is 2.33. The van der Waals surface area contributed by atoms with Crippen LogP contribution in [-0.2, 0) is 0 Å². The summed E-state index contributed by atoms with van der Waals surface area (Å²) < 4.78 is 43.2. The Morgan fingerprint density at radius 2 is 1.87 bits per heavy atom. The number of nitrogens with one attached hydrogen (secondary N) is 1. The molecule has 1 atom stereocenters. The van der Waals surface area contributed by atoms with Gasteiger partial charge in [0.25, 0.3) is 0 Å². The van der Waals surface area contributed by atoms with E-state index >= 15 is 0 Å². The molecular formula is C14H21F3N4O2. The third-order valence-corrected chi connectivity index (χ3v) is 3.96. The summed E-state index contributed by atoms with van der Waals surface area (Å²) in [7, 11) is 0. The fourth-order valence-corrected chi connectivity index (χ4v) is 2.33. The molecule has 0 radical (unpaired) electrons. The summed E-state index contributed by atoms with van der Waals surface area (Å²) in [5, 5.41) is 6.36. The van der Waals surface area contributed by atoms with E-state index in [1.807, 2.05) is 13.8 Å². The Hall–Kier alpha value is -1.77. The first-order valence-corrected chi connectivity index (χ1v) is 7.51. The van der Waals surface area contributed by atoms with Crippen molar-refractivity contribution >= 4 is 11.8 Å². The smallest absolute Gasteiger partial charge is 0.359 e.